The monoisotopic (exact) mass is 243 g/mol. The molecule has 0 aliphatic carbocycles. The Kier molecular flexibility index (Phi) is 3.83. The fraction of sp³-hybridized carbons (Fsp3) is 0.417. The van der Waals surface area contributed by atoms with Gasteiger partial charge in [-0.2, -0.15) is 0 Å². The minimum Gasteiger partial charge on any atom is -0.467 e. The van der Waals surface area contributed by atoms with Crippen LogP contribution < -0.4 is 0 Å². The van der Waals surface area contributed by atoms with Gasteiger partial charge >= 0.3 is 5.97 Å². The molecule has 1 rings (SSSR count). The van der Waals surface area contributed by atoms with Gasteiger partial charge in [0.05, 0.1) is 12.7 Å². The van der Waals surface area contributed by atoms with Crippen molar-refractivity contribution >= 4 is 5.97 Å². The molecule has 0 saturated heterocycles. The highest BCUT2D eigenvalue weighted by molar-refractivity contribution is 5.82. The van der Waals surface area contributed by atoms with Crippen molar-refractivity contribution in [1.82, 2.24) is 4.90 Å². The third kappa shape index (κ3) is 2.15. The van der Waals surface area contributed by atoms with E-state index in [1.807, 2.05) is 0 Å². The number of rotatable bonds is 3. The molecule has 0 N–H and O–H groups in total. The van der Waals surface area contributed by atoms with Gasteiger partial charge in [0.1, 0.15) is 17.2 Å². The number of likely N-dealkylation sites (N-methyl/N-ethyl adjacent to an activating group) is 1. The van der Waals surface area contributed by atoms with Gasteiger partial charge in [-0.1, -0.05) is 6.07 Å². The molecular formula is C12H15F2NO2. The Morgan fingerprint density at radius 1 is 1.29 bits per heavy atom. The lowest BCUT2D eigenvalue weighted by Gasteiger charge is -2.34. The fourth-order valence-corrected chi connectivity index (χ4v) is 1.67. The zero-order valence-corrected chi connectivity index (χ0v) is 10.3. The molecule has 1 atom stereocenters. The Balaban J connectivity index is 3.48. The van der Waals surface area contributed by atoms with Crippen LogP contribution in [0.25, 0.3) is 0 Å². The van der Waals surface area contributed by atoms with Gasteiger partial charge in [0, 0.05) is 0 Å². The molecule has 5 heteroatoms. The third-order valence-electron chi connectivity index (χ3n) is 2.93. The minimum absolute atomic E-state index is 0.308. The quantitative estimate of drug-likeness (QED) is 0.759. The van der Waals surface area contributed by atoms with Crippen LogP contribution in [-0.2, 0) is 15.1 Å². The predicted molar refractivity (Wildman–Crippen MR) is 59.4 cm³/mol. The molecule has 3 nitrogen and oxygen atoms in total. The Labute approximate surface area is 99.0 Å². The van der Waals surface area contributed by atoms with Crippen molar-refractivity contribution in [2.24, 2.45) is 0 Å². The van der Waals surface area contributed by atoms with Crippen molar-refractivity contribution in [2.45, 2.75) is 12.5 Å². The molecule has 0 aromatic heterocycles. The number of hydrogen-bond donors (Lipinski definition) is 0. The second-order valence-corrected chi connectivity index (χ2v) is 4.05. The Morgan fingerprint density at radius 3 is 2.12 bits per heavy atom. The molecule has 94 valence electrons. The second kappa shape index (κ2) is 4.79. The van der Waals surface area contributed by atoms with Gasteiger partial charge in [0.15, 0.2) is 0 Å². The van der Waals surface area contributed by atoms with Crippen LogP contribution in [0.15, 0.2) is 18.2 Å². The van der Waals surface area contributed by atoms with Crippen molar-refractivity contribution < 1.29 is 18.3 Å². The summed E-state index contributed by atoms with van der Waals surface area (Å²) in [6.07, 6.45) is 0. The average Bonchev–Trinajstić information content (AvgIpc) is 2.27. The molecule has 0 aliphatic heterocycles. The van der Waals surface area contributed by atoms with Crippen LogP contribution in [0.4, 0.5) is 8.78 Å². The lowest BCUT2D eigenvalue weighted by atomic mass is 9.89. The van der Waals surface area contributed by atoms with E-state index >= 15 is 0 Å². The highest BCUT2D eigenvalue weighted by Crippen LogP contribution is 2.31. The fourth-order valence-electron chi connectivity index (χ4n) is 1.67. The van der Waals surface area contributed by atoms with Crippen LogP contribution in [0.5, 0.6) is 0 Å². The van der Waals surface area contributed by atoms with Crippen LogP contribution in [0.1, 0.15) is 12.5 Å². The number of hydrogen-bond acceptors (Lipinski definition) is 3. The maximum Gasteiger partial charge on any atom is 0.330 e. The minimum atomic E-state index is -1.50. The van der Waals surface area contributed by atoms with Crippen molar-refractivity contribution in [1.29, 1.82) is 0 Å². The maximum atomic E-state index is 13.7. The third-order valence-corrected chi connectivity index (χ3v) is 2.93. The first-order valence-electron chi connectivity index (χ1n) is 5.06. The number of ether oxygens (including phenoxy) is 1. The molecule has 1 unspecified atom stereocenters. The first-order chi connectivity index (χ1) is 7.85. The summed E-state index contributed by atoms with van der Waals surface area (Å²) in [5.74, 6) is -2.26. The van der Waals surface area contributed by atoms with Crippen LogP contribution >= 0.6 is 0 Å². The summed E-state index contributed by atoms with van der Waals surface area (Å²) in [7, 11) is 4.30. The zero-order chi connectivity index (χ0) is 13.2. The number of esters is 1. The molecule has 0 spiro atoms. The zero-order valence-electron chi connectivity index (χ0n) is 10.3. The molecule has 0 bridgehead atoms. The summed E-state index contributed by atoms with van der Waals surface area (Å²) in [6, 6.07) is 3.48. The number of methoxy groups -OCH3 is 1. The SMILES string of the molecule is COC(=O)C(C)(c1c(F)cccc1F)N(C)C. The van der Waals surface area contributed by atoms with Gasteiger partial charge in [0.25, 0.3) is 0 Å². The second-order valence-electron chi connectivity index (χ2n) is 4.05. The first-order valence-corrected chi connectivity index (χ1v) is 5.06. The molecule has 0 saturated carbocycles. The van der Waals surface area contributed by atoms with E-state index in [4.69, 9.17) is 0 Å². The molecule has 1 aromatic carbocycles. The van der Waals surface area contributed by atoms with Crippen LogP contribution in [0, 0.1) is 11.6 Å². The smallest absolute Gasteiger partial charge is 0.330 e. The number of halogens is 2. The van der Waals surface area contributed by atoms with Gasteiger partial charge < -0.3 is 4.74 Å². The van der Waals surface area contributed by atoms with E-state index in [2.05, 4.69) is 4.74 Å². The number of benzene rings is 1. The Hall–Kier alpha value is -1.49. The van der Waals surface area contributed by atoms with Crippen LogP contribution in [-0.4, -0.2) is 32.1 Å². The number of carbonyl (C=O) groups is 1. The molecule has 0 radical (unpaired) electrons. The van der Waals surface area contributed by atoms with E-state index in [1.165, 1.54) is 25.0 Å². The number of carbonyl (C=O) groups excluding carboxylic acids is 1. The van der Waals surface area contributed by atoms with E-state index in [9.17, 15) is 13.6 Å². The molecule has 17 heavy (non-hydrogen) atoms. The molecule has 0 amide bonds. The maximum absolute atomic E-state index is 13.7. The average molecular weight is 243 g/mol. The predicted octanol–water partition coefficient (Wildman–Crippen LogP) is 1.91. The Morgan fingerprint density at radius 2 is 1.76 bits per heavy atom. The van der Waals surface area contributed by atoms with Gasteiger partial charge in [-0.3, -0.25) is 4.90 Å². The van der Waals surface area contributed by atoms with Crippen molar-refractivity contribution in [3.05, 3.63) is 35.4 Å². The topological polar surface area (TPSA) is 29.5 Å². The van der Waals surface area contributed by atoms with E-state index in [1.54, 1.807) is 14.1 Å². The molecule has 1 aromatic rings. The summed E-state index contributed by atoms with van der Waals surface area (Å²) in [5, 5.41) is 0. The van der Waals surface area contributed by atoms with E-state index < -0.39 is 23.1 Å². The van der Waals surface area contributed by atoms with Gasteiger partial charge in [-0.05, 0) is 33.2 Å². The van der Waals surface area contributed by atoms with E-state index in [0.29, 0.717) is 0 Å². The van der Waals surface area contributed by atoms with Crippen molar-refractivity contribution in [3.63, 3.8) is 0 Å². The summed E-state index contributed by atoms with van der Waals surface area (Å²) < 4.78 is 32.1. The Bertz CT molecular complexity index is 414. The van der Waals surface area contributed by atoms with E-state index in [-0.39, 0.29) is 5.56 Å². The van der Waals surface area contributed by atoms with E-state index in [0.717, 1.165) is 12.1 Å². The van der Waals surface area contributed by atoms with Gasteiger partial charge in [0.2, 0.25) is 0 Å². The summed E-state index contributed by atoms with van der Waals surface area (Å²) in [5.41, 5.74) is -1.80. The number of nitrogens with zero attached hydrogens (tertiary/aromatic N) is 1. The lowest BCUT2D eigenvalue weighted by molar-refractivity contribution is -0.153. The van der Waals surface area contributed by atoms with Crippen LogP contribution in [0.2, 0.25) is 0 Å². The van der Waals surface area contributed by atoms with Crippen molar-refractivity contribution in [2.75, 3.05) is 21.2 Å². The molecule has 0 heterocycles. The summed E-state index contributed by atoms with van der Waals surface area (Å²) in [4.78, 5) is 13.2. The van der Waals surface area contributed by atoms with Gasteiger partial charge in [-0.15, -0.1) is 0 Å². The highest BCUT2D eigenvalue weighted by atomic mass is 19.1. The molecule has 0 fully saturated rings. The van der Waals surface area contributed by atoms with Crippen molar-refractivity contribution in [3.8, 4) is 0 Å². The lowest BCUT2D eigenvalue weighted by Crippen LogP contribution is -2.47. The molecular weight excluding hydrogens is 228 g/mol. The van der Waals surface area contributed by atoms with Gasteiger partial charge in [-0.25, -0.2) is 13.6 Å². The standard InChI is InChI=1S/C12H15F2NO2/c1-12(15(2)3,11(16)17-4)10-8(13)6-5-7-9(10)14/h5-7H,1-4H3. The molecule has 0 aliphatic rings. The largest absolute Gasteiger partial charge is 0.467 e. The first kappa shape index (κ1) is 13.6. The summed E-state index contributed by atoms with van der Waals surface area (Å²) in [6.45, 7) is 1.42. The highest BCUT2D eigenvalue weighted by Gasteiger charge is 2.43. The van der Waals surface area contributed by atoms with Crippen LogP contribution in [0.3, 0.4) is 0 Å². The normalized spacial score (nSPS) is 14.5. The summed E-state index contributed by atoms with van der Waals surface area (Å²) >= 11 is 0.